The molecule has 3 aromatic heterocycles. The molecule has 0 fully saturated rings. The minimum atomic E-state index is -0.292. The van der Waals surface area contributed by atoms with Gasteiger partial charge in [-0.2, -0.15) is 5.10 Å². The van der Waals surface area contributed by atoms with E-state index in [4.69, 9.17) is 4.42 Å². The Morgan fingerprint density at radius 2 is 1.83 bits per heavy atom. The van der Waals surface area contributed by atoms with Crippen LogP contribution in [-0.2, 0) is 11.3 Å². The molecule has 180 valence electrons. The van der Waals surface area contributed by atoms with Crippen LogP contribution in [0.25, 0.3) is 16.7 Å². The van der Waals surface area contributed by atoms with E-state index in [2.05, 4.69) is 20.4 Å². The highest BCUT2D eigenvalue weighted by atomic mass is 32.2. The van der Waals surface area contributed by atoms with Gasteiger partial charge in [-0.15, -0.1) is 0 Å². The zero-order valence-corrected chi connectivity index (χ0v) is 20.2. The van der Waals surface area contributed by atoms with Crippen molar-refractivity contribution < 1.29 is 14.0 Å². The summed E-state index contributed by atoms with van der Waals surface area (Å²) in [4.78, 5) is 36.1. The summed E-state index contributed by atoms with van der Waals surface area (Å²) in [5, 5.41) is 8.71. The molecule has 2 aromatic carbocycles. The van der Waals surface area contributed by atoms with Gasteiger partial charge in [-0.3, -0.25) is 9.59 Å². The van der Waals surface area contributed by atoms with Crippen molar-refractivity contribution in [3.63, 3.8) is 0 Å². The molecule has 0 atom stereocenters. The standard InChI is InChI=1S/C26H22N6O3S/c1-31(22-12-6-5-11-20(22)25(34)27-14-19-10-7-13-35-19)23(33)16-36-26-21-15-30-32(24(21)28-17-29-26)18-8-3-2-4-9-18/h2-13,15,17H,14,16H2,1H3,(H,27,34). The number of benzene rings is 2. The van der Waals surface area contributed by atoms with Crippen molar-refractivity contribution >= 4 is 40.3 Å². The van der Waals surface area contributed by atoms with Crippen LogP contribution in [0.3, 0.4) is 0 Å². The molecule has 10 heteroatoms. The van der Waals surface area contributed by atoms with Crippen molar-refractivity contribution in [2.24, 2.45) is 0 Å². The number of amides is 2. The van der Waals surface area contributed by atoms with Crippen molar-refractivity contribution in [2.45, 2.75) is 11.6 Å². The van der Waals surface area contributed by atoms with Gasteiger partial charge in [0.05, 0.1) is 47.1 Å². The number of carbonyl (C=O) groups excluding carboxylic acids is 2. The first-order valence-corrected chi connectivity index (χ1v) is 12.1. The average Bonchev–Trinajstić information content (AvgIpc) is 3.61. The molecule has 0 aliphatic carbocycles. The molecule has 5 aromatic rings. The molecule has 36 heavy (non-hydrogen) atoms. The van der Waals surface area contributed by atoms with Crippen LogP contribution in [0.5, 0.6) is 0 Å². The molecule has 0 aliphatic heterocycles. The molecule has 0 saturated heterocycles. The van der Waals surface area contributed by atoms with E-state index in [0.29, 0.717) is 27.7 Å². The van der Waals surface area contributed by atoms with Crippen LogP contribution in [0.1, 0.15) is 16.1 Å². The second kappa shape index (κ2) is 10.4. The van der Waals surface area contributed by atoms with Crippen molar-refractivity contribution in [1.82, 2.24) is 25.1 Å². The Labute approximate surface area is 211 Å². The maximum atomic E-state index is 13.1. The molecule has 0 saturated carbocycles. The molecular weight excluding hydrogens is 476 g/mol. The third-order valence-electron chi connectivity index (χ3n) is 5.55. The number of hydrogen-bond donors (Lipinski definition) is 1. The molecule has 9 nitrogen and oxygen atoms in total. The lowest BCUT2D eigenvalue weighted by Gasteiger charge is -2.20. The van der Waals surface area contributed by atoms with E-state index in [1.165, 1.54) is 23.0 Å². The van der Waals surface area contributed by atoms with E-state index in [-0.39, 0.29) is 24.1 Å². The zero-order valence-electron chi connectivity index (χ0n) is 19.4. The van der Waals surface area contributed by atoms with Crippen LogP contribution in [0.2, 0.25) is 0 Å². The van der Waals surface area contributed by atoms with Gasteiger partial charge in [-0.05, 0) is 36.4 Å². The minimum absolute atomic E-state index is 0.126. The molecular formula is C26H22N6O3S. The highest BCUT2D eigenvalue weighted by molar-refractivity contribution is 8.00. The Balaban J connectivity index is 1.29. The first-order chi connectivity index (χ1) is 17.6. The Morgan fingerprint density at radius 3 is 2.64 bits per heavy atom. The second-order valence-corrected chi connectivity index (χ2v) is 8.79. The van der Waals surface area contributed by atoms with Crippen molar-refractivity contribution in [1.29, 1.82) is 0 Å². The number of aromatic nitrogens is 4. The smallest absolute Gasteiger partial charge is 0.253 e. The number of thioether (sulfide) groups is 1. The molecule has 0 aliphatic rings. The minimum Gasteiger partial charge on any atom is -0.467 e. The van der Waals surface area contributed by atoms with Gasteiger partial charge >= 0.3 is 0 Å². The van der Waals surface area contributed by atoms with Crippen LogP contribution in [0.4, 0.5) is 5.69 Å². The molecule has 0 bridgehead atoms. The molecule has 0 radical (unpaired) electrons. The van der Waals surface area contributed by atoms with Crippen LogP contribution in [-0.4, -0.2) is 44.4 Å². The Hall–Kier alpha value is -4.44. The lowest BCUT2D eigenvalue weighted by atomic mass is 10.1. The van der Waals surface area contributed by atoms with Gasteiger partial charge in [0.2, 0.25) is 5.91 Å². The number of hydrogen-bond acceptors (Lipinski definition) is 7. The normalized spacial score (nSPS) is 10.9. The predicted octanol–water partition coefficient (Wildman–Crippen LogP) is 4.09. The van der Waals surface area contributed by atoms with Gasteiger partial charge < -0.3 is 14.6 Å². The van der Waals surface area contributed by atoms with Gasteiger partial charge in [0.25, 0.3) is 5.91 Å². The van der Waals surface area contributed by atoms with Gasteiger partial charge in [-0.25, -0.2) is 14.6 Å². The third-order valence-corrected chi connectivity index (χ3v) is 6.54. The fourth-order valence-electron chi connectivity index (χ4n) is 3.69. The maximum Gasteiger partial charge on any atom is 0.253 e. The monoisotopic (exact) mass is 498 g/mol. The van der Waals surface area contributed by atoms with Crippen LogP contribution in [0, 0.1) is 0 Å². The Bertz CT molecular complexity index is 1500. The average molecular weight is 499 g/mol. The fourth-order valence-corrected chi connectivity index (χ4v) is 4.57. The van der Waals surface area contributed by atoms with E-state index < -0.39 is 0 Å². The highest BCUT2D eigenvalue weighted by Gasteiger charge is 2.20. The van der Waals surface area contributed by atoms with Gasteiger partial charge in [0, 0.05) is 7.05 Å². The van der Waals surface area contributed by atoms with Crippen LogP contribution < -0.4 is 10.2 Å². The molecule has 1 N–H and O–H groups in total. The van der Waals surface area contributed by atoms with E-state index in [1.807, 2.05) is 30.3 Å². The highest BCUT2D eigenvalue weighted by Crippen LogP contribution is 2.27. The largest absolute Gasteiger partial charge is 0.467 e. The number of para-hydroxylation sites is 2. The van der Waals surface area contributed by atoms with Crippen LogP contribution >= 0.6 is 11.8 Å². The number of fused-ring (bicyclic) bond motifs is 1. The number of nitrogens with zero attached hydrogens (tertiary/aromatic N) is 5. The van der Waals surface area contributed by atoms with Gasteiger partial charge in [0.1, 0.15) is 17.1 Å². The number of anilines is 1. The topological polar surface area (TPSA) is 106 Å². The predicted molar refractivity (Wildman–Crippen MR) is 137 cm³/mol. The van der Waals surface area contributed by atoms with Crippen molar-refractivity contribution in [3.8, 4) is 5.69 Å². The zero-order chi connectivity index (χ0) is 24.9. The summed E-state index contributed by atoms with van der Waals surface area (Å²) in [6.07, 6.45) is 4.73. The number of rotatable bonds is 8. The SMILES string of the molecule is CN(C(=O)CSc1ncnc2c1cnn2-c1ccccc1)c1ccccc1C(=O)NCc1ccco1. The maximum absolute atomic E-state index is 13.1. The Kier molecular flexibility index (Phi) is 6.76. The van der Waals surface area contributed by atoms with E-state index in [0.717, 1.165) is 11.1 Å². The molecule has 0 unspecified atom stereocenters. The van der Waals surface area contributed by atoms with Gasteiger partial charge in [-0.1, -0.05) is 42.1 Å². The molecule has 3 heterocycles. The summed E-state index contributed by atoms with van der Waals surface area (Å²) < 4.78 is 7.01. The summed E-state index contributed by atoms with van der Waals surface area (Å²) in [6.45, 7) is 0.258. The summed E-state index contributed by atoms with van der Waals surface area (Å²) in [6, 6.07) is 20.2. The molecule has 2 amide bonds. The van der Waals surface area contributed by atoms with Gasteiger partial charge in [0.15, 0.2) is 5.65 Å². The summed E-state index contributed by atoms with van der Waals surface area (Å²) >= 11 is 1.30. The summed E-state index contributed by atoms with van der Waals surface area (Å²) in [5.74, 6) is 0.309. The lowest BCUT2D eigenvalue weighted by Crippen LogP contribution is -2.31. The first-order valence-electron chi connectivity index (χ1n) is 11.1. The third kappa shape index (κ3) is 4.84. The fraction of sp³-hybridized carbons (Fsp3) is 0.115. The van der Waals surface area contributed by atoms with Crippen molar-refractivity contribution in [2.75, 3.05) is 17.7 Å². The van der Waals surface area contributed by atoms with Crippen LogP contribution in [0.15, 0.2) is 95.0 Å². The second-order valence-electron chi connectivity index (χ2n) is 7.83. The number of furan rings is 1. The summed E-state index contributed by atoms with van der Waals surface area (Å²) in [5.41, 5.74) is 2.47. The van der Waals surface area contributed by atoms with E-state index >= 15 is 0 Å². The van der Waals surface area contributed by atoms with E-state index in [9.17, 15) is 9.59 Å². The number of nitrogens with one attached hydrogen (secondary N) is 1. The quantitative estimate of drug-likeness (QED) is 0.254. The first kappa shape index (κ1) is 23.3. The Morgan fingerprint density at radius 1 is 1.03 bits per heavy atom. The number of carbonyl (C=O) groups is 2. The summed E-state index contributed by atoms with van der Waals surface area (Å²) in [7, 11) is 1.66. The lowest BCUT2D eigenvalue weighted by molar-refractivity contribution is -0.115. The van der Waals surface area contributed by atoms with E-state index in [1.54, 1.807) is 60.6 Å². The van der Waals surface area contributed by atoms with Crippen molar-refractivity contribution in [3.05, 3.63) is 96.8 Å². The molecule has 5 rings (SSSR count). The molecule has 0 spiro atoms.